The van der Waals surface area contributed by atoms with Gasteiger partial charge in [0, 0.05) is 18.0 Å². The Hall–Kier alpha value is -3.90. The molecule has 1 saturated heterocycles. The van der Waals surface area contributed by atoms with Crippen molar-refractivity contribution in [1.29, 1.82) is 0 Å². The first-order valence-electron chi connectivity index (χ1n) is 12.0. The summed E-state index contributed by atoms with van der Waals surface area (Å²) in [5.41, 5.74) is 1.03. The number of ether oxygens (including phenoxy) is 2. The van der Waals surface area contributed by atoms with E-state index in [-0.39, 0.29) is 5.56 Å². The van der Waals surface area contributed by atoms with Crippen LogP contribution in [0.5, 0.6) is 5.75 Å². The third-order valence-corrected chi connectivity index (χ3v) is 6.82. The number of benzene rings is 3. The van der Waals surface area contributed by atoms with E-state index < -0.39 is 48.9 Å². The van der Waals surface area contributed by atoms with Gasteiger partial charge in [-0.2, -0.15) is 0 Å². The van der Waals surface area contributed by atoms with Gasteiger partial charge in [-0.25, -0.2) is 9.07 Å². The molecule has 1 aliphatic rings. The van der Waals surface area contributed by atoms with Crippen molar-refractivity contribution in [2.75, 3.05) is 20.8 Å². The number of hydrogen-bond acceptors (Lipinski definition) is 8. The Morgan fingerprint density at radius 2 is 1.92 bits per heavy atom. The van der Waals surface area contributed by atoms with Gasteiger partial charge in [0.1, 0.15) is 41.6 Å². The molecule has 2 heterocycles. The number of aliphatic hydroxyl groups is 3. The Morgan fingerprint density at radius 3 is 2.66 bits per heavy atom. The van der Waals surface area contributed by atoms with Crippen molar-refractivity contribution in [3.8, 4) is 17.0 Å². The van der Waals surface area contributed by atoms with Crippen LogP contribution in [-0.4, -0.2) is 86.4 Å². The van der Waals surface area contributed by atoms with Gasteiger partial charge in [-0.05, 0) is 23.6 Å². The van der Waals surface area contributed by atoms with Gasteiger partial charge in [-0.3, -0.25) is 4.79 Å². The summed E-state index contributed by atoms with van der Waals surface area (Å²) in [5, 5.41) is 41.9. The van der Waals surface area contributed by atoms with E-state index in [2.05, 4.69) is 10.3 Å². The minimum atomic E-state index is -1.46. The fourth-order valence-corrected chi connectivity index (χ4v) is 4.85. The lowest BCUT2D eigenvalue weighted by atomic mass is 9.94. The molecule has 11 heteroatoms. The van der Waals surface area contributed by atoms with E-state index in [4.69, 9.17) is 9.47 Å². The van der Waals surface area contributed by atoms with Gasteiger partial charge >= 0.3 is 0 Å². The molecule has 198 valence electrons. The first kappa shape index (κ1) is 25.7. The average Bonchev–Trinajstić information content (AvgIpc) is 3.41. The van der Waals surface area contributed by atoms with E-state index in [1.807, 2.05) is 24.3 Å². The molecule has 1 aromatic heterocycles. The first-order chi connectivity index (χ1) is 18.3. The fourth-order valence-electron chi connectivity index (χ4n) is 4.85. The molecular formula is C27H27FN4O6. The van der Waals surface area contributed by atoms with Crippen molar-refractivity contribution >= 4 is 16.7 Å². The van der Waals surface area contributed by atoms with Crippen LogP contribution in [0, 0.1) is 5.82 Å². The van der Waals surface area contributed by atoms with Gasteiger partial charge in [-0.15, -0.1) is 5.10 Å². The summed E-state index contributed by atoms with van der Waals surface area (Å²) in [7, 11) is 2.92. The Kier molecular flexibility index (Phi) is 7.09. The second-order valence-electron chi connectivity index (χ2n) is 9.10. The number of carbonyl (C=O) groups is 1. The predicted octanol–water partition coefficient (Wildman–Crippen LogP) is 2.00. The summed E-state index contributed by atoms with van der Waals surface area (Å²) < 4.78 is 26.3. The number of aromatic nitrogens is 3. The molecule has 5 atom stereocenters. The summed E-state index contributed by atoms with van der Waals surface area (Å²) in [6, 6.07) is 15.5. The lowest BCUT2D eigenvalue weighted by Crippen LogP contribution is -2.61. The van der Waals surface area contributed by atoms with Crippen LogP contribution >= 0.6 is 0 Å². The summed E-state index contributed by atoms with van der Waals surface area (Å²) >= 11 is 0. The Balaban J connectivity index is 1.47. The largest absolute Gasteiger partial charge is 0.495 e. The van der Waals surface area contributed by atoms with Gasteiger partial charge in [0.15, 0.2) is 6.23 Å². The standard InChI is InChI=1S/C27H27FN4O6/c1-31(26(36)19-11-10-15-6-3-4-9-18(15)25(19)37-2)27-24(35)22(23(34)21(14-33)38-27)32-13-20(29-30-32)16-7-5-8-17(28)12-16/h3-13,21-24,27,33-35H,14H2,1-2H3/t21?,22?,23-,24?,27+/m0/s1. The van der Waals surface area contributed by atoms with Crippen molar-refractivity contribution in [3.63, 3.8) is 0 Å². The molecule has 1 aliphatic heterocycles. The number of nitrogens with zero attached hydrogens (tertiary/aromatic N) is 4. The first-order valence-corrected chi connectivity index (χ1v) is 12.0. The van der Waals surface area contributed by atoms with Gasteiger partial charge in [0.2, 0.25) is 0 Å². The molecule has 0 radical (unpaired) electrons. The van der Waals surface area contributed by atoms with Gasteiger partial charge in [0.25, 0.3) is 5.91 Å². The second kappa shape index (κ2) is 10.5. The minimum absolute atomic E-state index is 0.252. The fraction of sp³-hybridized carbons (Fsp3) is 0.296. The van der Waals surface area contributed by atoms with Crippen LogP contribution in [0.4, 0.5) is 4.39 Å². The number of rotatable bonds is 6. The van der Waals surface area contributed by atoms with E-state index in [0.29, 0.717) is 17.0 Å². The number of methoxy groups -OCH3 is 1. The highest BCUT2D eigenvalue weighted by molar-refractivity contribution is 6.03. The highest BCUT2D eigenvalue weighted by atomic mass is 19.1. The molecule has 3 aromatic carbocycles. The molecule has 10 nitrogen and oxygen atoms in total. The predicted molar refractivity (Wildman–Crippen MR) is 135 cm³/mol. The molecular weight excluding hydrogens is 495 g/mol. The lowest BCUT2D eigenvalue weighted by molar-refractivity contribution is -0.235. The van der Waals surface area contributed by atoms with Gasteiger partial charge in [-0.1, -0.05) is 47.7 Å². The molecule has 0 spiro atoms. The molecule has 3 N–H and O–H groups in total. The molecule has 0 bridgehead atoms. The van der Waals surface area contributed by atoms with Gasteiger partial charge < -0.3 is 29.7 Å². The number of fused-ring (bicyclic) bond motifs is 1. The summed E-state index contributed by atoms with van der Waals surface area (Å²) in [6.07, 6.45) is -3.78. The summed E-state index contributed by atoms with van der Waals surface area (Å²) in [4.78, 5) is 14.8. The third kappa shape index (κ3) is 4.50. The maximum atomic E-state index is 13.7. The summed E-state index contributed by atoms with van der Waals surface area (Å²) in [6.45, 7) is -0.576. The van der Waals surface area contributed by atoms with Crippen LogP contribution in [0.15, 0.2) is 66.9 Å². The van der Waals surface area contributed by atoms with Crippen LogP contribution in [0.3, 0.4) is 0 Å². The zero-order chi connectivity index (χ0) is 27.0. The normalized spacial score (nSPS) is 23.4. The Labute approximate surface area is 217 Å². The van der Waals surface area contributed by atoms with E-state index in [1.165, 1.54) is 48.1 Å². The van der Waals surface area contributed by atoms with E-state index in [0.717, 1.165) is 10.8 Å². The van der Waals surface area contributed by atoms with Crippen LogP contribution in [0.1, 0.15) is 16.4 Å². The van der Waals surface area contributed by atoms with Crippen LogP contribution in [0.2, 0.25) is 0 Å². The number of amides is 1. The van der Waals surface area contributed by atoms with Crippen molar-refractivity contribution in [2.24, 2.45) is 0 Å². The van der Waals surface area contributed by atoms with Crippen molar-refractivity contribution in [3.05, 3.63) is 78.2 Å². The van der Waals surface area contributed by atoms with Crippen molar-refractivity contribution < 1.29 is 34.0 Å². The molecule has 5 rings (SSSR count). The van der Waals surface area contributed by atoms with E-state index in [9.17, 15) is 24.5 Å². The third-order valence-electron chi connectivity index (χ3n) is 6.82. The Morgan fingerprint density at radius 1 is 1.13 bits per heavy atom. The van der Waals surface area contributed by atoms with E-state index in [1.54, 1.807) is 18.2 Å². The molecule has 1 fully saturated rings. The smallest absolute Gasteiger partial charge is 0.259 e. The number of aliphatic hydroxyl groups excluding tert-OH is 3. The average molecular weight is 523 g/mol. The monoisotopic (exact) mass is 522 g/mol. The number of halogens is 1. The zero-order valence-electron chi connectivity index (χ0n) is 20.7. The van der Waals surface area contributed by atoms with Crippen molar-refractivity contribution in [1.82, 2.24) is 19.9 Å². The maximum absolute atomic E-state index is 13.7. The minimum Gasteiger partial charge on any atom is -0.495 e. The molecule has 4 aromatic rings. The number of likely N-dealkylation sites (N-methyl/N-ethyl adjacent to an activating group) is 1. The second-order valence-corrected chi connectivity index (χ2v) is 9.10. The highest BCUT2D eigenvalue weighted by Gasteiger charge is 2.48. The maximum Gasteiger partial charge on any atom is 0.259 e. The van der Waals surface area contributed by atoms with Crippen LogP contribution < -0.4 is 4.74 Å². The topological polar surface area (TPSA) is 130 Å². The van der Waals surface area contributed by atoms with Crippen LogP contribution in [-0.2, 0) is 4.74 Å². The molecule has 3 unspecified atom stereocenters. The quantitative estimate of drug-likeness (QED) is 0.351. The molecule has 0 saturated carbocycles. The lowest BCUT2D eigenvalue weighted by Gasteiger charge is -2.45. The van der Waals surface area contributed by atoms with E-state index >= 15 is 0 Å². The number of carbonyl (C=O) groups excluding carboxylic acids is 1. The highest BCUT2D eigenvalue weighted by Crippen LogP contribution is 2.35. The zero-order valence-corrected chi connectivity index (χ0v) is 20.7. The van der Waals surface area contributed by atoms with Crippen LogP contribution in [0.25, 0.3) is 22.0 Å². The SMILES string of the molecule is COc1c(C(=O)N(C)[C@@H]2OC(CO)[C@H](O)C(n3cc(-c4cccc(F)c4)nn3)C2O)ccc2ccccc12. The number of hydrogen-bond donors (Lipinski definition) is 3. The Bertz CT molecular complexity index is 1460. The molecule has 1 amide bonds. The molecule has 38 heavy (non-hydrogen) atoms. The van der Waals surface area contributed by atoms with Gasteiger partial charge in [0.05, 0.1) is 25.5 Å². The van der Waals surface area contributed by atoms with Crippen molar-refractivity contribution in [2.45, 2.75) is 30.6 Å². The molecule has 0 aliphatic carbocycles. The summed E-state index contributed by atoms with van der Waals surface area (Å²) in [5.74, 6) is -0.577.